The van der Waals surface area contributed by atoms with Crippen LogP contribution in [0.1, 0.15) is 5.56 Å². The number of aromatic nitrogens is 2. The van der Waals surface area contributed by atoms with E-state index in [4.69, 9.17) is 9.47 Å². The number of nitriles is 1. The maximum absolute atomic E-state index is 12.6. The molecule has 154 valence electrons. The number of carbonyl (C=O) groups is 1. The summed E-state index contributed by atoms with van der Waals surface area (Å²) in [5, 5.41) is 23.0. The summed E-state index contributed by atoms with van der Waals surface area (Å²) in [4.78, 5) is 47.2. The summed E-state index contributed by atoms with van der Waals surface area (Å²) in [5.74, 6) is -0.611. The first-order chi connectivity index (χ1) is 14.2. The van der Waals surface area contributed by atoms with E-state index in [-0.39, 0.29) is 36.0 Å². The van der Waals surface area contributed by atoms with Gasteiger partial charge in [-0.15, -0.1) is 0 Å². The summed E-state index contributed by atoms with van der Waals surface area (Å²) in [5.41, 5.74) is -2.51. The number of nitro benzene ring substituents is 1. The van der Waals surface area contributed by atoms with Gasteiger partial charge in [0.2, 0.25) is 0 Å². The summed E-state index contributed by atoms with van der Waals surface area (Å²) < 4.78 is 12.6. The molecule has 0 saturated heterocycles. The highest BCUT2D eigenvalue weighted by molar-refractivity contribution is 6.10. The van der Waals surface area contributed by atoms with Crippen LogP contribution in [-0.2, 0) is 18.9 Å². The molecule has 0 aliphatic carbocycles. The Morgan fingerprint density at radius 2 is 1.90 bits per heavy atom. The van der Waals surface area contributed by atoms with E-state index in [1.165, 1.54) is 26.4 Å². The number of nitrogens with one attached hydrogen (secondary N) is 1. The van der Waals surface area contributed by atoms with Crippen molar-refractivity contribution in [1.29, 1.82) is 5.26 Å². The highest BCUT2D eigenvalue weighted by Crippen LogP contribution is 2.39. The fourth-order valence-electron chi connectivity index (χ4n) is 2.76. The predicted molar refractivity (Wildman–Crippen MR) is 103 cm³/mol. The number of carbonyl (C=O) groups excluding carboxylic acids is 1. The fraction of sp³-hybridized carbons (Fsp3) is 0.222. The number of nitrogens with zero attached hydrogens (tertiary/aromatic N) is 4. The maximum atomic E-state index is 12.6. The molecule has 1 aliphatic rings. The third kappa shape index (κ3) is 3.76. The topological polar surface area (TPSA) is 158 Å². The third-order valence-corrected chi connectivity index (χ3v) is 4.24. The Morgan fingerprint density at radius 3 is 2.50 bits per heavy atom. The van der Waals surface area contributed by atoms with Crippen molar-refractivity contribution in [1.82, 2.24) is 9.13 Å². The number of rotatable bonds is 4. The summed E-state index contributed by atoms with van der Waals surface area (Å²) in [6, 6.07) is 3.99. The van der Waals surface area contributed by atoms with E-state index in [0.29, 0.717) is 0 Å². The average molecular weight is 413 g/mol. The van der Waals surface area contributed by atoms with E-state index in [9.17, 15) is 29.8 Å². The number of ether oxygens (including phenoxy) is 2. The quantitative estimate of drug-likeness (QED) is 0.324. The van der Waals surface area contributed by atoms with Gasteiger partial charge in [-0.1, -0.05) is 0 Å². The van der Waals surface area contributed by atoms with Crippen LogP contribution in [0, 0.1) is 21.4 Å². The van der Waals surface area contributed by atoms with Crippen molar-refractivity contribution in [3.05, 3.63) is 60.4 Å². The van der Waals surface area contributed by atoms with Crippen molar-refractivity contribution >= 4 is 23.4 Å². The average Bonchev–Trinajstić information content (AvgIpc) is 2.73. The first kappa shape index (κ1) is 20.3. The van der Waals surface area contributed by atoms with Gasteiger partial charge < -0.3 is 19.4 Å². The van der Waals surface area contributed by atoms with E-state index in [0.717, 1.165) is 21.3 Å². The fourth-order valence-corrected chi connectivity index (χ4v) is 2.76. The van der Waals surface area contributed by atoms with Crippen LogP contribution in [0.25, 0.3) is 6.08 Å². The zero-order valence-corrected chi connectivity index (χ0v) is 15.9. The number of benzene rings is 1. The SMILES string of the molecule is Cn1cc(/C=C(\C#N)C(=O)Nc2cc3c(cc2[N+](=O)[O-])OCCO3)c(=O)n(C)c1=O. The first-order valence-electron chi connectivity index (χ1n) is 8.50. The Labute approximate surface area is 168 Å². The second-order valence-corrected chi connectivity index (χ2v) is 6.24. The number of anilines is 1. The second-order valence-electron chi connectivity index (χ2n) is 6.24. The van der Waals surface area contributed by atoms with Crippen molar-refractivity contribution in [2.75, 3.05) is 18.5 Å². The number of nitro groups is 1. The smallest absolute Gasteiger partial charge is 0.330 e. The van der Waals surface area contributed by atoms with Crippen molar-refractivity contribution < 1.29 is 19.2 Å². The molecule has 0 unspecified atom stereocenters. The lowest BCUT2D eigenvalue weighted by Crippen LogP contribution is -2.37. The van der Waals surface area contributed by atoms with Crippen molar-refractivity contribution in [2.24, 2.45) is 14.1 Å². The molecule has 0 saturated carbocycles. The number of fused-ring (bicyclic) bond motifs is 1. The number of amides is 1. The summed E-state index contributed by atoms with van der Waals surface area (Å²) in [6.07, 6.45) is 2.18. The molecule has 0 radical (unpaired) electrons. The lowest BCUT2D eigenvalue weighted by molar-refractivity contribution is -0.384. The molecule has 1 aromatic carbocycles. The normalized spacial score (nSPS) is 12.8. The molecule has 1 aliphatic heterocycles. The van der Waals surface area contributed by atoms with Crippen LogP contribution >= 0.6 is 0 Å². The van der Waals surface area contributed by atoms with E-state index in [1.54, 1.807) is 6.07 Å². The summed E-state index contributed by atoms with van der Waals surface area (Å²) in [7, 11) is 2.66. The third-order valence-electron chi connectivity index (χ3n) is 4.24. The molecule has 2 aromatic rings. The van der Waals surface area contributed by atoms with Crippen LogP contribution in [-0.4, -0.2) is 33.2 Å². The monoisotopic (exact) mass is 413 g/mol. The molecule has 12 nitrogen and oxygen atoms in total. The highest BCUT2D eigenvalue weighted by atomic mass is 16.6. The molecule has 0 spiro atoms. The van der Waals surface area contributed by atoms with Gasteiger partial charge in [-0.2, -0.15) is 5.26 Å². The Balaban J connectivity index is 2.00. The predicted octanol–water partition coefficient (Wildman–Crippen LogP) is 0.309. The van der Waals surface area contributed by atoms with Gasteiger partial charge in [0.25, 0.3) is 17.2 Å². The van der Waals surface area contributed by atoms with E-state index in [1.807, 2.05) is 0 Å². The lowest BCUT2D eigenvalue weighted by Gasteiger charge is -2.19. The van der Waals surface area contributed by atoms with Crippen molar-refractivity contribution in [3.63, 3.8) is 0 Å². The molecule has 0 fully saturated rings. The molecule has 30 heavy (non-hydrogen) atoms. The van der Waals surface area contributed by atoms with Gasteiger partial charge in [0.05, 0.1) is 16.6 Å². The minimum atomic E-state index is -0.979. The largest absolute Gasteiger partial charge is 0.486 e. The molecule has 2 heterocycles. The summed E-state index contributed by atoms with van der Waals surface area (Å²) in [6.45, 7) is 0.462. The lowest BCUT2D eigenvalue weighted by atomic mass is 10.1. The Bertz CT molecular complexity index is 1250. The van der Waals surface area contributed by atoms with Gasteiger partial charge >= 0.3 is 5.69 Å². The van der Waals surface area contributed by atoms with E-state index >= 15 is 0 Å². The van der Waals surface area contributed by atoms with Crippen LogP contribution in [0.3, 0.4) is 0 Å². The Kier molecular flexibility index (Phi) is 5.37. The van der Waals surface area contributed by atoms with E-state index < -0.39 is 33.3 Å². The molecular formula is C18H15N5O7. The van der Waals surface area contributed by atoms with Crippen LogP contribution in [0.5, 0.6) is 11.5 Å². The zero-order valence-electron chi connectivity index (χ0n) is 15.9. The zero-order chi connectivity index (χ0) is 22.0. The highest BCUT2D eigenvalue weighted by Gasteiger charge is 2.24. The molecule has 0 atom stereocenters. The number of hydrogen-bond acceptors (Lipinski definition) is 8. The van der Waals surface area contributed by atoms with Gasteiger partial charge in [0.1, 0.15) is 30.5 Å². The minimum absolute atomic E-state index is 0.0806. The van der Waals surface area contributed by atoms with Crippen molar-refractivity contribution in [3.8, 4) is 17.6 Å². The molecular weight excluding hydrogens is 398 g/mol. The van der Waals surface area contributed by atoms with Gasteiger partial charge in [-0.3, -0.25) is 24.3 Å². The standard InChI is InChI=1S/C18H15N5O7/c1-21-9-11(17(25)22(2)18(21)26)5-10(8-19)16(24)20-12-6-14-15(30-4-3-29-14)7-13(12)23(27)28/h5-7,9H,3-4H2,1-2H3,(H,20,24)/b10-5+. The molecule has 1 amide bonds. The van der Waals surface area contributed by atoms with Gasteiger partial charge in [0, 0.05) is 26.4 Å². The van der Waals surface area contributed by atoms with Gasteiger partial charge in [-0.05, 0) is 6.08 Å². The van der Waals surface area contributed by atoms with Crippen LogP contribution in [0.15, 0.2) is 33.5 Å². The number of hydrogen-bond donors (Lipinski definition) is 1. The van der Waals surface area contributed by atoms with Gasteiger partial charge in [-0.25, -0.2) is 4.79 Å². The first-order valence-corrected chi connectivity index (χ1v) is 8.50. The molecule has 12 heteroatoms. The molecule has 1 aromatic heterocycles. The van der Waals surface area contributed by atoms with Crippen molar-refractivity contribution in [2.45, 2.75) is 0 Å². The number of aryl methyl sites for hydroxylation is 1. The molecule has 0 bridgehead atoms. The van der Waals surface area contributed by atoms with Crippen LogP contribution < -0.4 is 26.0 Å². The van der Waals surface area contributed by atoms with E-state index in [2.05, 4.69) is 5.32 Å². The Morgan fingerprint density at radius 1 is 1.27 bits per heavy atom. The molecule has 1 N–H and O–H groups in total. The second kappa shape index (κ2) is 7.92. The minimum Gasteiger partial charge on any atom is -0.486 e. The molecule has 3 rings (SSSR count). The van der Waals surface area contributed by atoms with Gasteiger partial charge in [0.15, 0.2) is 11.5 Å². The maximum Gasteiger partial charge on any atom is 0.330 e. The Hall–Kier alpha value is -4.40. The van der Waals surface area contributed by atoms with Crippen LogP contribution in [0.2, 0.25) is 0 Å². The van der Waals surface area contributed by atoms with Crippen LogP contribution in [0.4, 0.5) is 11.4 Å². The summed E-state index contributed by atoms with van der Waals surface area (Å²) >= 11 is 0.